The van der Waals surface area contributed by atoms with E-state index >= 15 is 0 Å². The molecule has 0 saturated carbocycles. The van der Waals surface area contributed by atoms with Crippen molar-refractivity contribution in [2.45, 2.75) is 13.8 Å². The predicted octanol–water partition coefficient (Wildman–Crippen LogP) is 4.67. The minimum Gasteiger partial charge on any atom is -0.253 e. The van der Waals surface area contributed by atoms with Crippen molar-refractivity contribution in [1.29, 1.82) is 0 Å². The normalized spacial score (nSPS) is 10.5. The van der Waals surface area contributed by atoms with Gasteiger partial charge < -0.3 is 0 Å². The Kier molecular flexibility index (Phi) is 3.17. The van der Waals surface area contributed by atoms with Gasteiger partial charge in [0.05, 0.1) is 10.7 Å². The molecular formula is C13H11Cl2N. The smallest absolute Gasteiger partial charge is 0.0749 e. The van der Waals surface area contributed by atoms with Crippen LogP contribution in [0.1, 0.15) is 11.3 Å². The summed E-state index contributed by atoms with van der Waals surface area (Å²) in [5.74, 6) is 0. The maximum atomic E-state index is 6.16. The van der Waals surface area contributed by atoms with Crippen LogP contribution in [0.25, 0.3) is 11.3 Å². The van der Waals surface area contributed by atoms with Crippen LogP contribution in [-0.4, -0.2) is 4.98 Å². The van der Waals surface area contributed by atoms with Gasteiger partial charge >= 0.3 is 0 Å². The number of hydrogen-bond donors (Lipinski definition) is 0. The molecule has 0 fully saturated rings. The Labute approximate surface area is 105 Å². The second-order valence-corrected chi connectivity index (χ2v) is 4.59. The van der Waals surface area contributed by atoms with E-state index in [2.05, 4.69) is 4.98 Å². The van der Waals surface area contributed by atoms with Crippen molar-refractivity contribution in [2.24, 2.45) is 0 Å². The maximum Gasteiger partial charge on any atom is 0.0749 e. The summed E-state index contributed by atoms with van der Waals surface area (Å²) in [6.07, 6.45) is 0. The van der Waals surface area contributed by atoms with Crippen molar-refractivity contribution < 1.29 is 0 Å². The van der Waals surface area contributed by atoms with Crippen molar-refractivity contribution in [1.82, 2.24) is 4.98 Å². The van der Waals surface area contributed by atoms with Crippen LogP contribution in [-0.2, 0) is 0 Å². The van der Waals surface area contributed by atoms with Crippen LogP contribution in [0.15, 0.2) is 30.3 Å². The Bertz CT molecular complexity index is 535. The van der Waals surface area contributed by atoms with Gasteiger partial charge in [0.1, 0.15) is 0 Å². The Morgan fingerprint density at radius 3 is 2.44 bits per heavy atom. The van der Waals surface area contributed by atoms with Crippen molar-refractivity contribution in [3.05, 3.63) is 51.6 Å². The number of hydrogen-bond acceptors (Lipinski definition) is 1. The third-order valence-electron chi connectivity index (χ3n) is 2.42. The summed E-state index contributed by atoms with van der Waals surface area (Å²) in [5.41, 5.74) is 3.93. The molecule has 0 atom stereocenters. The van der Waals surface area contributed by atoms with E-state index in [0.29, 0.717) is 10.0 Å². The molecule has 0 aliphatic rings. The molecule has 1 aromatic carbocycles. The van der Waals surface area contributed by atoms with Gasteiger partial charge in [0.25, 0.3) is 0 Å². The first-order chi connectivity index (χ1) is 7.58. The van der Waals surface area contributed by atoms with Gasteiger partial charge in [0.2, 0.25) is 0 Å². The first kappa shape index (κ1) is 11.4. The van der Waals surface area contributed by atoms with Crippen LogP contribution in [0.3, 0.4) is 0 Å². The van der Waals surface area contributed by atoms with Crippen LogP contribution in [0.2, 0.25) is 10.0 Å². The Hall–Kier alpha value is -1.05. The number of aromatic nitrogens is 1. The lowest BCUT2D eigenvalue weighted by Crippen LogP contribution is -1.91. The highest BCUT2D eigenvalue weighted by Crippen LogP contribution is 2.30. The number of rotatable bonds is 1. The zero-order valence-electron chi connectivity index (χ0n) is 9.09. The fourth-order valence-electron chi connectivity index (χ4n) is 1.58. The minimum atomic E-state index is 0.633. The van der Waals surface area contributed by atoms with E-state index in [-0.39, 0.29) is 0 Å². The molecule has 3 heteroatoms. The van der Waals surface area contributed by atoms with E-state index < -0.39 is 0 Å². The molecule has 0 radical (unpaired) electrons. The molecule has 0 spiro atoms. The molecule has 82 valence electrons. The van der Waals surface area contributed by atoms with E-state index in [1.807, 2.05) is 38.1 Å². The third-order valence-corrected chi connectivity index (χ3v) is 2.97. The van der Waals surface area contributed by atoms with Gasteiger partial charge in [-0.25, -0.2) is 0 Å². The SMILES string of the molecule is Cc1ccc(C)c(-c2ccc(Cl)cc2Cl)n1. The van der Waals surface area contributed by atoms with Gasteiger partial charge in [-0.3, -0.25) is 4.98 Å². The maximum absolute atomic E-state index is 6.16. The van der Waals surface area contributed by atoms with Crippen LogP contribution in [0.5, 0.6) is 0 Å². The molecule has 0 unspecified atom stereocenters. The standard InChI is InChI=1S/C13H11Cl2N/c1-8-3-4-9(2)16-13(8)11-6-5-10(14)7-12(11)15/h3-7H,1-2H3. The topological polar surface area (TPSA) is 12.9 Å². The molecule has 0 bridgehead atoms. The monoisotopic (exact) mass is 251 g/mol. The molecule has 0 aliphatic carbocycles. The van der Waals surface area contributed by atoms with Gasteiger partial charge in [-0.2, -0.15) is 0 Å². The lowest BCUT2D eigenvalue weighted by molar-refractivity contribution is 1.18. The van der Waals surface area contributed by atoms with Crippen LogP contribution in [0, 0.1) is 13.8 Å². The highest BCUT2D eigenvalue weighted by atomic mass is 35.5. The molecule has 0 amide bonds. The summed E-state index contributed by atoms with van der Waals surface area (Å²) < 4.78 is 0. The molecule has 0 aliphatic heterocycles. The first-order valence-corrected chi connectivity index (χ1v) is 5.73. The van der Waals surface area contributed by atoms with Gasteiger partial charge in [0, 0.05) is 16.3 Å². The summed E-state index contributed by atoms with van der Waals surface area (Å²) in [6, 6.07) is 9.50. The third kappa shape index (κ3) is 2.21. The van der Waals surface area contributed by atoms with Crippen LogP contribution in [0.4, 0.5) is 0 Å². The molecule has 16 heavy (non-hydrogen) atoms. The molecule has 0 saturated heterocycles. The summed E-state index contributed by atoms with van der Waals surface area (Å²) >= 11 is 12.0. The number of pyridine rings is 1. The average molecular weight is 252 g/mol. The first-order valence-electron chi connectivity index (χ1n) is 4.97. The van der Waals surface area contributed by atoms with Gasteiger partial charge in [-0.1, -0.05) is 29.3 Å². The summed E-state index contributed by atoms with van der Waals surface area (Å²) in [7, 11) is 0. The quantitative estimate of drug-likeness (QED) is 0.718. The van der Waals surface area contributed by atoms with E-state index in [1.54, 1.807) is 6.07 Å². The van der Waals surface area contributed by atoms with Crippen molar-refractivity contribution in [3.8, 4) is 11.3 Å². The summed E-state index contributed by atoms with van der Waals surface area (Å²) in [6.45, 7) is 3.99. The number of aryl methyl sites for hydroxylation is 2. The van der Waals surface area contributed by atoms with Gasteiger partial charge in [-0.05, 0) is 43.7 Å². The second kappa shape index (κ2) is 4.44. The molecule has 1 nitrogen and oxygen atoms in total. The van der Waals surface area contributed by atoms with Crippen LogP contribution >= 0.6 is 23.2 Å². The van der Waals surface area contributed by atoms with Gasteiger partial charge in [0.15, 0.2) is 0 Å². The van der Waals surface area contributed by atoms with E-state index in [9.17, 15) is 0 Å². The van der Waals surface area contributed by atoms with Crippen molar-refractivity contribution in [3.63, 3.8) is 0 Å². The lowest BCUT2D eigenvalue weighted by atomic mass is 10.1. The predicted molar refractivity (Wildman–Crippen MR) is 69.2 cm³/mol. The van der Waals surface area contributed by atoms with E-state index in [0.717, 1.165) is 22.5 Å². The molecule has 1 aromatic heterocycles. The number of benzene rings is 1. The molecule has 0 N–H and O–H groups in total. The largest absolute Gasteiger partial charge is 0.253 e. The van der Waals surface area contributed by atoms with Crippen LogP contribution < -0.4 is 0 Å². The lowest BCUT2D eigenvalue weighted by Gasteiger charge is -2.08. The Morgan fingerprint density at radius 1 is 1.00 bits per heavy atom. The van der Waals surface area contributed by atoms with E-state index in [1.165, 1.54) is 0 Å². The molecule has 2 aromatic rings. The summed E-state index contributed by atoms with van der Waals surface area (Å²) in [4.78, 5) is 4.51. The highest BCUT2D eigenvalue weighted by Gasteiger charge is 2.08. The zero-order chi connectivity index (χ0) is 11.7. The van der Waals surface area contributed by atoms with Crippen molar-refractivity contribution in [2.75, 3.05) is 0 Å². The minimum absolute atomic E-state index is 0.633. The zero-order valence-corrected chi connectivity index (χ0v) is 10.6. The highest BCUT2D eigenvalue weighted by molar-refractivity contribution is 6.36. The fraction of sp³-hybridized carbons (Fsp3) is 0.154. The molecular weight excluding hydrogens is 241 g/mol. The van der Waals surface area contributed by atoms with E-state index in [4.69, 9.17) is 23.2 Å². The van der Waals surface area contributed by atoms with Crippen molar-refractivity contribution >= 4 is 23.2 Å². The number of nitrogens with zero attached hydrogens (tertiary/aromatic N) is 1. The number of halogens is 2. The fourth-order valence-corrected chi connectivity index (χ4v) is 2.08. The Morgan fingerprint density at radius 2 is 1.75 bits per heavy atom. The molecule has 1 heterocycles. The summed E-state index contributed by atoms with van der Waals surface area (Å²) in [5, 5.41) is 1.27. The van der Waals surface area contributed by atoms with Gasteiger partial charge in [-0.15, -0.1) is 0 Å². The molecule has 2 rings (SSSR count). The Balaban J connectivity index is 2.62. The average Bonchev–Trinajstić information content (AvgIpc) is 2.22. The second-order valence-electron chi connectivity index (χ2n) is 3.74.